The fraction of sp³-hybridized carbons (Fsp3) is 0.538. The van der Waals surface area contributed by atoms with Crippen molar-refractivity contribution < 1.29 is 4.39 Å². The van der Waals surface area contributed by atoms with E-state index in [9.17, 15) is 4.39 Å². The first-order valence-electron chi connectivity index (χ1n) is 5.42. The highest BCUT2D eigenvalue weighted by Crippen LogP contribution is 2.49. The predicted molar refractivity (Wildman–Crippen MR) is 60.3 cm³/mol. The second-order valence-electron chi connectivity index (χ2n) is 5.26. The highest BCUT2D eigenvalue weighted by atomic mass is 19.1. The Morgan fingerprint density at radius 2 is 1.93 bits per heavy atom. The third kappa shape index (κ3) is 1.57. The fourth-order valence-electron chi connectivity index (χ4n) is 2.15. The van der Waals surface area contributed by atoms with Crippen LogP contribution in [-0.2, 0) is 5.41 Å². The highest BCUT2D eigenvalue weighted by molar-refractivity contribution is 5.36. The number of benzene rings is 1. The van der Waals surface area contributed by atoms with Crippen molar-refractivity contribution in [3.05, 3.63) is 35.1 Å². The van der Waals surface area contributed by atoms with E-state index in [-0.39, 0.29) is 16.8 Å². The molecule has 1 nitrogen and oxygen atoms in total. The van der Waals surface area contributed by atoms with Crippen LogP contribution in [-0.4, -0.2) is 5.54 Å². The lowest BCUT2D eigenvalue weighted by atomic mass is 9.75. The lowest BCUT2D eigenvalue weighted by Crippen LogP contribution is -2.43. The average molecular weight is 207 g/mol. The zero-order valence-electron chi connectivity index (χ0n) is 9.60. The number of rotatable bonds is 2. The summed E-state index contributed by atoms with van der Waals surface area (Å²) >= 11 is 0. The second kappa shape index (κ2) is 3.05. The van der Waals surface area contributed by atoms with E-state index in [0.29, 0.717) is 0 Å². The van der Waals surface area contributed by atoms with Crippen molar-refractivity contribution in [3.8, 4) is 0 Å². The van der Waals surface area contributed by atoms with Crippen LogP contribution in [0.25, 0.3) is 0 Å². The van der Waals surface area contributed by atoms with Crippen molar-refractivity contribution in [1.82, 2.24) is 0 Å². The molecule has 1 fully saturated rings. The van der Waals surface area contributed by atoms with Gasteiger partial charge in [0.15, 0.2) is 0 Å². The van der Waals surface area contributed by atoms with Crippen LogP contribution >= 0.6 is 0 Å². The van der Waals surface area contributed by atoms with E-state index in [1.807, 2.05) is 26.8 Å². The van der Waals surface area contributed by atoms with Gasteiger partial charge in [0, 0.05) is 11.0 Å². The van der Waals surface area contributed by atoms with Gasteiger partial charge in [0.05, 0.1) is 0 Å². The number of hydrogen-bond acceptors (Lipinski definition) is 1. The van der Waals surface area contributed by atoms with Crippen molar-refractivity contribution in [2.24, 2.45) is 5.73 Å². The summed E-state index contributed by atoms with van der Waals surface area (Å²) in [5.41, 5.74) is 7.57. The predicted octanol–water partition coefficient (Wildman–Crippen LogP) is 2.90. The van der Waals surface area contributed by atoms with Crippen molar-refractivity contribution in [3.63, 3.8) is 0 Å². The molecule has 0 atom stereocenters. The maximum absolute atomic E-state index is 13.8. The molecular weight excluding hydrogens is 189 g/mol. The summed E-state index contributed by atoms with van der Waals surface area (Å²) in [5.74, 6) is -0.137. The minimum absolute atomic E-state index is 0.137. The van der Waals surface area contributed by atoms with Crippen LogP contribution in [0.4, 0.5) is 4.39 Å². The van der Waals surface area contributed by atoms with Crippen LogP contribution in [0, 0.1) is 12.7 Å². The molecule has 0 radical (unpaired) electrons. The Balaban J connectivity index is 2.48. The maximum atomic E-state index is 13.8. The Labute approximate surface area is 90.5 Å². The molecule has 1 aliphatic rings. The van der Waals surface area contributed by atoms with E-state index < -0.39 is 0 Å². The zero-order valence-corrected chi connectivity index (χ0v) is 9.60. The van der Waals surface area contributed by atoms with Gasteiger partial charge in [0.1, 0.15) is 5.82 Å². The van der Waals surface area contributed by atoms with Gasteiger partial charge < -0.3 is 5.73 Å². The Bertz CT molecular complexity index is 392. The summed E-state index contributed by atoms with van der Waals surface area (Å²) in [6, 6.07) is 5.26. The molecule has 82 valence electrons. The third-order valence-corrected chi connectivity index (χ3v) is 3.83. The molecule has 1 aliphatic carbocycles. The van der Waals surface area contributed by atoms with Gasteiger partial charge in [0.25, 0.3) is 0 Å². The summed E-state index contributed by atoms with van der Waals surface area (Å²) in [6.07, 6.45) is 1.99. The van der Waals surface area contributed by atoms with E-state index >= 15 is 0 Å². The molecule has 2 N–H and O–H groups in total. The number of hydrogen-bond donors (Lipinski definition) is 1. The van der Waals surface area contributed by atoms with Crippen molar-refractivity contribution >= 4 is 0 Å². The van der Waals surface area contributed by atoms with Gasteiger partial charge in [-0.25, -0.2) is 4.39 Å². The SMILES string of the molecule is Cc1ccc(F)c(C(C)(C)C2(N)CC2)c1. The van der Waals surface area contributed by atoms with Crippen molar-refractivity contribution in [2.75, 3.05) is 0 Å². The number of aryl methyl sites for hydroxylation is 1. The highest BCUT2D eigenvalue weighted by Gasteiger charge is 2.52. The molecule has 2 rings (SSSR count). The standard InChI is InChI=1S/C13H18FN/c1-9-4-5-11(14)10(8-9)12(2,3)13(15)6-7-13/h4-5,8H,6-7,15H2,1-3H3. The number of nitrogens with two attached hydrogens (primary N) is 1. The van der Waals surface area contributed by atoms with Crippen molar-refractivity contribution in [2.45, 2.75) is 44.6 Å². The molecule has 2 heteroatoms. The largest absolute Gasteiger partial charge is 0.324 e. The quantitative estimate of drug-likeness (QED) is 0.792. The van der Waals surface area contributed by atoms with E-state index in [1.165, 1.54) is 6.07 Å². The Morgan fingerprint density at radius 3 is 2.47 bits per heavy atom. The van der Waals surface area contributed by atoms with Gasteiger partial charge in [-0.05, 0) is 31.4 Å². The molecule has 1 aromatic rings. The molecule has 15 heavy (non-hydrogen) atoms. The van der Waals surface area contributed by atoms with Crippen LogP contribution in [0.1, 0.15) is 37.8 Å². The monoisotopic (exact) mass is 207 g/mol. The van der Waals surface area contributed by atoms with Gasteiger partial charge in [0.2, 0.25) is 0 Å². The Kier molecular flexibility index (Phi) is 2.16. The van der Waals surface area contributed by atoms with E-state index in [1.54, 1.807) is 6.07 Å². The number of halogens is 1. The van der Waals surface area contributed by atoms with Gasteiger partial charge >= 0.3 is 0 Å². The zero-order chi connectivity index (χ0) is 11.3. The van der Waals surface area contributed by atoms with Gasteiger partial charge in [-0.3, -0.25) is 0 Å². The Morgan fingerprint density at radius 1 is 1.33 bits per heavy atom. The Hall–Kier alpha value is -0.890. The first-order valence-corrected chi connectivity index (χ1v) is 5.42. The molecule has 0 unspecified atom stereocenters. The fourth-order valence-corrected chi connectivity index (χ4v) is 2.15. The van der Waals surface area contributed by atoms with E-state index in [4.69, 9.17) is 5.73 Å². The first-order chi connectivity index (χ1) is 6.87. The van der Waals surface area contributed by atoms with Crippen molar-refractivity contribution in [1.29, 1.82) is 0 Å². The van der Waals surface area contributed by atoms with E-state index in [2.05, 4.69) is 0 Å². The summed E-state index contributed by atoms with van der Waals surface area (Å²) in [5, 5.41) is 0. The minimum atomic E-state index is -0.275. The lowest BCUT2D eigenvalue weighted by molar-refractivity contribution is 0.374. The molecule has 0 bridgehead atoms. The van der Waals surface area contributed by atoms with Gasteiger partial charge in [-0.15, -0.1) is 0 Å². The summed E-state index contributed by atoms with van der Waals surface area (Å²) < 4.78 is 13.8. The topological polar surface area (TPSA) is 26.0 Å². The van der Waals surface area contributed by atoms with Crippen LogP contribution < -0.4 is 5.73 Å². The van der Waals surface area contributed by atoms with Crippen LogP contribution in [0.2, 0.25) is 0 Å². The molecule has 1 aromatic carbocycles. The minimum Gasteiger partial charge on any atom is -0.324 e. The first kappa shape index (κ1) is 10.6. The lowest BCUT2D eigenvalue weighted by Gasteiger charge is -2.33. The van der Waals surface area contributed by atoms with Gasteiger partial charge in [-0.2, -0.15) is 0 Å². The summed E-state index contributed by atoms with van der Waals surface area (Å²) in [4.78, 5) is 0. The van der Waals surface area contributed by atoms with Crippen LogP contribution in [0.3, 0.4) is 0 Å². The normalized spacial score (nSPS) is 19.0. The smallest absolute Gasteiger partial charge is 0.127 e. The van der Waals surface area contributed by atoms with Crippen LogP contribution in [0.15, 0.2) is 18.2 Å². The van der Waals surface area contributed by atoms with Gasteiger partial charge in [-0.1, -0.05) is 31.5 Å². The molecule has 0 aliphatic heterocycles. The third-order valence-electron chi connectivity index (χ3n) is 3.83. The van der Waals surface area contributed by atoms with Crippen LogP contribution in [0.5, 0.6) is 0 Å². The molecule has 0 aromatic heterocycles. The molecule has 0 saturated heterocycles. The second-order valence-corrected chi connectivity index (χ2v) is 5.26. The summed E-state index contributed by atoms with van der Waals surface area (Å²) in [7, 11) is 0. The summed E-state index contributed by atoms with van der Waals surface area (Å²) in [6.45, 7) is 6.06. The maximum Gasteiger partial charge on any atom is 0.127 e. The molecule has 0 amide bonds. The molecular formula is C13H18FN. The average Bonchev–Trinajstić information content (AvgIpc) is 2.89. The molecule has 0 heterocycles. The molecule has 0 spiro atoms. The molecule has 1 saturated carbocycles. The van der Waals surface area contributed by atoms with E-state index in [0.717, 1.165) is 24.0 Å².